The van der Waals surface area contributed by atoms with Crippen LogP contribution in [0, 0.1) is 11.7 Å². The Morgan fingerprint density at radius 1 is 1.20 bits per heavy atom. The van der Waals surface area contributed by atoms with E-state index < -0.39 is 23.7 Å². The van der Waals surface area contributed by atoms with E-state index >= 15 is 0 Å². The fourth-order valence-corrected chi connectivity index (χ4v) is 3.13. The molecular weight excluding hydrogens is 347 g/mol. The number of carbonyl (C=O) groups is 2. The number of nitrogens with one attached hydrogen (secondary N) is 2. The van der Waals surface area contributed by atoms with Crippen molar-refractivity contribution >= 4 is 29.1 Å². The van der Waals surface area contributed by atoms with Crippen LogP contribution >= 0.6 is 11.6 Å². The number of fused-ring (bicyclic) bond motifs is 1. The van der Waals surface area contributed by atoms with Crippen LogP contribution in [0.15, 0.2) is 42.5 Å². The van der Waals surface area contributed by atoms with Crippen molar-refractivity contribution in [3.8, 4) is 0 Å². The molecule has 7 heteroatoms. The summed E-state index contributed by atoms with van der Waals surface area (Å²) < 4.78 is 13.4. The Hall–Kier alpha value is -2.44. The van der Waals surface area contributed by atoms with Gasteiger partial charge in [-0.15, -0.1) is 0 Å². The summed E-state index contributed by atoms with van der Waals surface area (Å²) in [7, 11) is 0. The number of anilines is 1. The molecular formula is C18H16ClFN2O3. The molecule has 0 bridgehead atoms. The third-order valence-electron chi connectivity index (χ3n) is 4.25. The summed E-state index contributed by atoms with van der Waals surface area (Å²) in [5, 5.41) is 14.5. The molecule has 0 aliphatic heterocycles. The van der Waals surface area contributed by atoms with Gasteiger partial charge in [-0.3, -0.25) is 9.59 Å². The van der Waals surface area contributed by atoms with Gasteiger partial charge in [-0.2, -0.15) is 0 Å². The summed E-state index contributed by atoms with van der Waals surface area (Å²) in [4.78, 5) is 24.3. The number of halogens is 2. The van der Waals surface area contributed by atoms with E-state index in [1.54, 1.807) is 0 Å². The summed E-state index contributed by atoms with van der Waals surface area (Å²) in [5.74, 6) is -2.65. The number of rotatable bonds is 3. The highest BCUT2D eigenvalue weighted by atomic mass is 35.5. The number of benzene rings is 2. The number of hydrogen-bond donors (Lipinski definition) is 3. The molecule has 0 heterocycles. The van der Waals surface area contributed by atoms with E-state index in [1.165, 1.54) is 12.1 Å². The SMILES string of the molecule is O=C(Nc1ccc(Cl)c(F)c1)C(=O)NC1c2ccccc2CC1CO. The third kappa shape index (κ3) is 3.65. The van der Waals surface area contributed by atoms with Crippen LogP contribution in [0.25, 0.3) is 0 Å². The molecule has 0 fully saturated rings. The molecule has 1 aliphatic carbocycles. The predicted molar refractivity (Wildman–Crippen MR) is 91.6 cm³/mol. The topological polar surface area (TPSA) is 78.4 Å². The second-order valence-corrected chi connectivity index (χ2v) is 6.29. The third-order valence-corrected chi connectivity index (χ3v) is 4.55. The molecule has 0 spiro atoms. The van der Waals surface area contributed by atoms with Crippen LogP contribution in [0.5, 0.6) is 0 Å². The lowest BCUT2D eigenvalue weighted by atomic mass is 10.0. The van der Waals surface area contributed by atoms with E-state index in [4.69, 9.17) is 11.6 Å². The van der Waals surface area contributed by atoms with Crippen LogP contribution in [-0.2, 0) is 16.0 Å². The van der Waals surface area contributed by atoms with Crippen LogP contribution in [-0.4, -0.2) is 23.5 Å². The van der Waals surface area contributed by atoms with Gasteiger partial charge in [0.15, 0.2) is 0 Å². The highest BCUT2D eigenvalue weighted by Gasteiger charge is 2.34. The van der Waals surface area contributed by atoms with E-state index in [0.29, 0.717) is 6.42 Å². The fraction of sp³-hybridized carbons (Fsp3) is 0.222. The quantitative estimate of drug-likeness (QED) is 0.734. The molecule has 25 heavy (non-hydrogen) atoms. The zero-order chi connectivity index (χ0) is 18.0. The number of carbonyl (C=O) groups excluding carboxylic acids is 2. The fourth-order valence-electron chi connectivity index (χ4n) is 3.01. The van der Waals surface area contributed by atoms with Crippen molar-refractivity contribution in [3.05, 3.63) is 64.4 Å². The molecule has 3 rings (SSSR count). The second-order valence-electron chi connectivity index (χ2n) is 5.88. The summed E-state index contributed by atoms with van der Waals surface area (Å²) in [6, 6.07) is 10.8. The maximum absolute atomic E-state index is 13.4. The molecule has 2 aromatic carbocycles. The van der Waals surface area contributed by atoms with E-state index in [0.717, 1.165) is 17.2 Å². The molecule has 2 unspecified atom stereocenters. The smallest absolute Gasteiger partial charge is 0.313 e. The lowest BCUT2D eigenvalue weighted by molar-refractivity contribution is -0.136. The highest BCUT2D eigenvalue weighted by Crippen LogP contribution is 2.35. The minimum Gasteiger partial charge on any atom is -0.396 e. The Kier molecular flexibility index (Phi) is 5.01. The van der Waals surface area contributed by atoms with Crippen molar-refractivity contribution < 1.29 is 19.1 Å². The van der Waals surface area contributed by atoms with E-state index in [-0.39, 0.29) is 23.2 Å². The number of aliphatic hydroxyl groups excluding tert-OH is 1. The van der Waals surface area contributed by atoms with Crippen LogP contribution < -0.4 is 10.6 Å². The van der Waals surface area contributed by atoms with E-state index in [9.17, 15) is 19.1 Å². The summed E-state index contributed by atoms with van der Waals surface area (Å²) in [6.07, 6.45) is 0.627. The second kappa shape index (κ2) is 7.21. The van der Waals surface area contributed by atoms with Crippen LogP contribution in [0.2, 0.25) is 5.02 Å². The Morgan fingerprint density at radius 2 is 1.96 bits per heavy atom. The van der Waals surface area contributed by atoms with Crippen molar-refractivity contribution in [2.24, 2.45) is 5.92 Å². The molecule has 130 valence electrons. The molecule has 1 aliphatic rings. The van der Waals surface area contributed by atoms with Crippen molar-refractivity contribution in [2.75, 3.05) is 11.9 Å². The Balaban J connectivity index is 1.70. The number of hydrogen-bond acceptors (Lipinski definition) is 3. The molecule has 2 atom stereocenters. The zero-order valence-corrected chi connectivity index (χ0v) is 13.9. The molecule has 0 saturated heterocycles. The molecule has 3 N–H and O–H groups in total. The molecule has 0 radical (unpaired) electrons. The first kappa shape index (κ1) is 17.4. The van der Waals surface area contributed by atoms with Gasteiger partial charge in [0.2, 0.25) is 0 Å². The monoisotopic (exact) mass is 362 g/mol. The Bertz CT molecular complexity index is 828. The van der Waals surface area contributed by atoms with Gasteiger partial charge in [0.1, 0.15) is 5.82 Å². The van der Waals surface area contributed by atoms with Crippen molar-refractivity contribution in [2.45, 2.75) is 12.5 Å². The van der Waals surface area contributed by atoms with Gasteiger partial charge >= 0.3 is 11.8 Å². The molecule has 0 aromatic heterocycles. The van der Waals surface area contributed by atoms with Gasteiger partial charge in [0, 0.05) is 18.2 Å². The van der Waals surface area contributed by atoms with Gasteiger partial charge in [0.25, 0.3) is 0 Å². The first-order valence-corrected chi connectivity index (χ1v) is 8.13. The van der Waals surface area contributed by atoms with Crippen LogP contribution in [0.4, 0.5) is 10.1 Å². The largest absolute Gasteiger partial charge is 0.396 e. The van der Waals surface area contributed by atoms with Gasteiger partial charge < -0.3 is 15.7 Å². The van der Waals surface area contributed by atoms with Crippen molar-refractivity contribution in [1.82, 2.24) is 5.32 Å². The number of amides is 2. The van der Waals surface area contributed by atoms with Gasteiger partial charge in [0.05, 0.1) is 11.1 Å². The van der Waals surface area contributed by atoms with Crippen LogP contribution in [0.1, 0.15) is 17.2 Å². The van der Waals surface area contributed by atoms with Gasteiger partial charge in [-0.25, -0.2) is 4.39 Å². The molecule has 2 amide bonds. The predicted octanol–water partition coefficient (Wildman–Crippen LogP) is 2.44. The maximum atomic E-state index is 13.4. The average Bonchev–Trinajstić information content (AvgIpc) is 2.96. The van der Waals surface area contributed by atoms with Crippen molar-refractivity contribution in [3.63, 3.8) is 0 Å². The minimum absolute atomic E-state index is 0.0733. The summed E-state index contributed by atoms with van der Waals surface area (Å²) in [5.41, 5.74) is 2.06. The van der Waals surface area contributed by atoms with E-state index in [1.807, 2.05) is 24.3 Å². The van der Waals surface area contributed by atoms with E-state index in [2.05, 4.69) is 10.6 Å². The Morgan fingerprint density at radius 3 is 2.68 bits per heavy atom. The summed E-state index contributed by atoms with van der Waals surface area (Å²) in [6.45, 7) is -0.107. The lowest BCUT2D eigenvalue weighted by Gasteiger charge is -2.20. The zero-order valence-electron chi connectivity index (χ0n) is 13.1. The maximum Gasteiger partial charge on any atom is 0.313 e. The van der Waals surface area contributed by atoms with Crippen LogP contribution in [0.3, 0.4) is 0 Å². The van der Waals surface area contributed by atoms with Gasteiger partial charge in [-0.1, -0.05) is 35.9 Å². The minimum atomic E-state index is -0.914. The molecule has 0 saturated carbocycles. The lowest BCUT2D eigenvalue weighted by Crippen LogP contribution is -2.40. The van der Waals surface area contributed by atoms with Gasteiger partial charge in [-0.05, 0) is 35.7 Å². The standard InChI is InChI=1S/C18H16ClFN2O3/c19-14-6-5-12(8-15(14)20)21-17(24)18(25)22-16-11(9-23)7-10-3-1-2-4-13(10)16/h1-6,8,11,16,23H,7,9H2,(H,21,24)(H,22,25). The first-order chi connectivity index (χ1) is 12.0. The summed E-state index contributed by atoms with van der Waals surface area (Å²) >= 11 is 5.58. The normalized spacial score (nSPS) is 18.5. The molecule has 2 aromatic rings. The van der Waals surface area contributed by atoms with Crippen molar-refractivity contribution in [1.29, 1.82) is 0 Å². The number of aliphatic hydroxyl groups is 1. The highest BCUT2D eigenvalue weighted by molar-refractivity contribution is 6.39. The average molecular weight is 363 g/mol. The molecule has 5 nitrogen and oxygen atoms in total. The first-order valence-electron chi connectivity index (χ1n) is 7.75. The Labute approximate surface area is 148 Å².